The van der Waals surface area contributed by atoms with Crippen LogP contribution >= 0.6 is 0 Å². The van der Waals surface area contributed by atoms with Gasteiger partial charge in [-0.25, -0.2) is 13.2 Å². The first-order valence-electron chi connectivity index (χ1n) is 17.0. The molecule has 1 aliphatic heterocycles. The number of alkyl halides is 9. The van der Waals surface area contributed by atoms with Gasteiger partial charge in [0.25, 0.3) is 0 Å². The summed E-state index contributed by atoms with van der Waals surface area (Å²) in [6, 6.07) is 1.14. The number of carboxylic acids is 1. The van der Waals surface area contributed by atoms with Crippen LogP contribution in [0.5, 0.6) is 5.75 Å². The van der Waals surface area contributed by atoms with Crippen molar-refractivity contribution in [2.45, 2.75) is 131 Å². The number of unbranched alkanes of at least 4 members (excludes halogenated alkanes) is 7. The Bertz CT molecular complexity index is 1550. The number of rotatable bonds is 16. The van der Waals surface area contributed by atoms with Gasteiger partial charge in [-0.1, -0.05) is 51.9 Å². The highest BCUT2D eigenvalue weighted by atomic mass is 32.2. The lowest BCUT2D eigenvalue weighted by atomic mass is 10.0. The van der Waals surface area contributed by atoms with Crippen molar-refractivity contribution in [2.75, 3.05) is 19.7 Å². The fourth-order valence-electron chi connectivity index (χ4n) is 5.95. The molecule has 2 aliphatic carbocycles. The molecule has 0 aromatic heterocycles. The van der Waals surface area contributed by atoms with Crippen LogP contribution < -0.4 is 10.1 Å². The normalized spacial score (nSPS) is 20.8. The zero-order valence-corrected chi connectivity index (χ0v) is 29.2. The molecule has 2 atom stereocenters. The molecule has 1 saturated heterocycles. The van der Waals surface area contributed by atoms with Crippen LogP contribution in [0.4, 0.5) is 39.5 Å². The molecule has 294 valence electrons. The minimum absolute atomic E-state index is 0.00795. The third-order valence-corrected chi connectivity index (χ3v) is 11.6. The van der Waals surface area contributed by atoms with Crippen LogP contribution in [0.3, 0.4) is 0 Å². The predicted octanol–water partition coefficient (Wildman–Crippen LogP) is 7.59. The molecule has 52 heavy (non-hydrogen) atoms. The number of ether oxygens (including phenoxy) is 1. The molecular weight excluding hydrogens is 737 g/mol. The number of nitrogens with zero attached hydrogens (tertiary/aromatic N) is 2. The van der Waals surface area contributed by atoms with E-state index >= 15 is 0 Å². The van der Waals surface area contributed by atoms with E-state index in [-0.39, 0.29) is 16.5 Å². The smallest absolute Gasteiger partial charge is 0.422 e. The zero-order valence-electron chi connectivity index (χ0n) is 28.4. The van der Waals surface area contributed by atoms with Crippen LogP contribution in [0.25, 0.3) is 0 Å². The van der Waals surface area contributed by atoms with Gasteiger partial charge in [-0.3, -0.25) is 10.1 Å². The molecule has 2 saturated carbocycles. The second kappa shape index (κ2) is 16.8. The highest BCUT2D eigenvalue weighted by Gasteiger charge is 2.70. The average molecular weight is 780 g/mol. The maximum absolute atomic E-state index is 13.6. The van der Waals surface area contributed by atoms with Crippen molar-refractivity contribution >= 4 is 21.7 Å². The third-order valence-electron chi connectivity index (χ3n) is 9.37. The molecule has 0 spiro atoms. The Hall–Kier alpha value is -3.27. The summed E-state index contributed by atoms with van der Waals surface area (Å²) in [4.78, 5) is 22.9. The summed E-state index contributed by atoms with van der Waals surface area (Å²) in [6.45, 7) is 0.189. The quantitative estimate of drug-likeness (QED) is 0.129. The van der Waals surface area contributed by atoms with Gasteiger partial charge < -0.3 is 14.7 Å². The largest absolute Gasteiger partial charge is 0.484 e. The minimum atomic E-state index is -5.42. The van der Waals surface area contributed by atoms with E-state index < -0.39 is 106 Å². The predicted molar refractivity (Wildman–Crippen MR) is 168 cm³/mol. The Morgan fingerprint density at radius 2 is 1.54 bits per heavy atom. The monoisotopic (exact) mass is 779 g/mol. The van der Waals surface area contributed by atoms with Crippen molar-refractivity contribution in [3.05, 3.63) is 23.8 Å². The van der Waals surface area contributed by atoms with Crippen molar-refractivity contribution in [3.63, 3.8) is 0 Å². The Labute approximate surface area is 295 Å². The van der Waals surface area contributed by atoms with Crippen molar-refractivity contribution in [1.82, 2.24) is 10.2 Å². The van der Waals surface area contributed by atoms with Crippen LogP contribution in [0.1, 0.15) is 96.0 Å². The Morgan fingerprint density at radius 1 is 0.962 bits per heavy atom. The molecule has 3 aliphatic rings. The highest BCUT2D eigenvalue weighted by Crippen LogP contribution is 2.59. The van der Waals surface area contributed by atoms with Gasteiger partial charge in [-0.2, -0.15) is 44.8 Å². The number of amides is 1. The molecule has 0 unspecified atom stereocenters. The summed E-state index contributed by atoms with van der Waals surface area (Å²) in [5.74, 6) is -4.51. The minimum Gasteiger partial charge on any atom is -0.484 e. The summed E-state index contributed by atoms with van der Waals surface area (Å²) >= 11 is 0. The molecule has 19 heteroatoms. The van der Waals surface area contributed by atoms with E-state index in [1.165, 1.54) is 51.4 Å². The number of hydrogen-bond donors (Lipinski definition) is 2. The molecule has 1 aromatic carbocycles. The van der Waals surface area contributed by atoms with Crippen molar-refractivity contribution in [1.29, 1.82) is 5.26 Å². The van der Waals surface area contributed by atoms with Gasteiger partial charge in [0, 0.05) is 6.54 Å². The van der Waals surface area contributed by atoms with Crippen LogP contribution in [-0.4, -0.2) is 79.2 Å². The summed E-state index contributed by atoms with van der Waals surface area (Å²) in [5.41, 5.74) is -4.93. The van der Waals surface area contributed by atoms with E-state index in [0.717, 1.165) is 19.4 Å². The third kappa shape index (κ3) is 11.1. The lowest BCUT2D eigenvalue weighted by Crippen LogP contribution is -2.48. The summed E-state index contributed by atoms with van der Waals surface area (Å²) in [5, 5.41) is 19.6. The lowest BCUT2D eigenvalue weighted by Gasteiger charge is -2.28. The molecule has 3 fully saturated rings. The lowest BCUT2D eigenvalue weighted by molar-refractivity contribution is -0.199. The molecule has 0 bridgehead atoms. The second-order valence-electron chi connectivity index (χ2n) is 13.4. The van der Waals surface area contributed by atoms with Crippen LogP contribution in [0, 0.1) is 16.7 Å². The number of carbonyl (C=O) groups excluding carboxylic acids is 1. The fourth-order valence-corrected chi connectivity index (χ4v) is 7.84. The number of likely N-dealkylation sites (tertiary alicyclic amines) is 1. The Balaban J connectivity index is 0.000000381. The SMILES string of the molecule is CCCCCCCCCCNC1(C#N)CC1.O=C(O)[C@@H]1C[C@@H](S(=O)(=O)c2ccc(OCC(F)(F)F)cc2C(F)(F)F)CN1C(=O)C1(C(F)(F)F)CC1. The topological polar surface area (TPSA) is 137 Å². The Kier molecular flexibility index (Phi) is 13.9. The van der Waals surface area contributed by atoms with Gasteiger partial charge in [0.15, 0.2) is 16.4 Å². The van der Waals surface area contributed by atoms with E-state index in [9.17, 15) is 62.6 Å². The van der Waals surface area contributed by atoms with Crippen molar-refractivity contribution in [3.8, 4) is 11.8 Å². The van der Waals surface area contributed by atoms with E-state index in [4.69, 9.17) is 5.26 Å². The molecule has 9 nitrogen and oxygen atoms in total. The number of sulfone groups is 1. The van der Waals surface area contributed by atoms with Gasteiger partial charge in [0.2, 0.25) is 5.91 Å². The van der Waals surface area contributed by atoms with E-state index in [0.29, 0.717) is 12.1 Å². The van der Waals surface area contributed by atoms with Gasteiger partial charge in [-0.05, 0) is 63.3 Å². The Morgan fingerprint density at radius 3 is 2.00 bits per heavy atom. The maximum Gasteiger partial charge on any atom is 0.422 e. The molecule has 1 aromatic rings. The fraction of sp³-hybridized carbons (Fsp3) is 0.727. The number of nitrogens with one attached hydrogen (secondary N) is 1. The number of nitriles is 1. The summed E-state index contributed by atoms with van der Waals surface area (Å²) in [6.07, 6.45) is -4.74. The number of benzene rings is 1. The molecule has 2 N–H and O–H groups in total. The number of aliphatic carboxylic acids is 1. The maximum atomic E-state index is 13.6. The first-order chi connectivity index (χ1) is 24.0. The molecular formula is C33H42F9N3O6S. The van der Waals surface area contributed by atoms with Crippen LogP contribution in [0.2, 0.25) is 0 Å². The van der Waals surface area contributed by atoms with E-state index in [2.05, 4.69) is 23.0 Å². The van der Waals surface area contributed by atoms with Gasteiger partial charge in [-0.15, -0.1) is 0 Å². The van der Waals surface area contributed by atoms with E-state index in [1.54, 1.807) is 0 Å². The summed E-state index contributed by atoms with van der Waals surface area (Å²) in [7, 11) is -5.14. The van der Waals surface area contributed by atoms with Crippen molar-refractivity contribution in [2.24, 2.45) is 5.41 Å². The molecule has 1 amide bonds. The second-order valence-corrected chi connectivity index (χ2v) is 15.6. The van der Waals surface area contributed by atoms with Crippen LogP contribution in [0.15, 0.2) is 23.1 Å². The molecule has 4 rings (SSSR count). The highest BCUT2D eigenvalue weighted by molar-refractivity contribution is 7.92. The molecule has 0 radical (unpaired) electrons. The van der Waals surface area contributed by atoms with Gasteiger partial charge >= 0.3 is 24.5 Å². The molecule has 1 heterocycles. The first-order valence-corrected chi connectivity index (χ1v) is 18.5. The first kappa shape index (κ1) is 43.1. The van der Waals surface area contributed by atoms with Crippen molar-refractivity contribution < 1.29 is 67.4 Å². The number of carbonyl (C=O) groups is 2. The van der Waals surface area contributed by atoms with Gasteiger partial charge in [0.05, 0.1) is 21.8 Å². The van der Waals surface area contributed by atoms with Gasteiger partial charge in [0.1, 0.15) is 22.7 Å². The average Bonchev–Trinajstić information content (AvgIpc) is 3.98. The standard InChI is InChI=1S/C19H16F9NO6S.C14H26N2/c20-17(21,22)8-35-9-1-2-13(11(5-9)18(23,24)25)36(33,34)10-6-12(14(30)31)29(7-10)15(32)16(3-4-16)19(26,27)28;1-2-3-4-5-6-7-8-9-12-16-14(13-15)10-11-14/h1-2,5,10,12H,3-4,6-8H2,(H,30,31);16H,2-12H2,1H3/t10-,12+;/m1./s1. The number of hydrogen-bond acceptors (Lipinski definition) is 7. The zero-order chi connectivity index (χ0) is 39.2. The van der Waals surface area contributed by atoms with Crippen LogP contribution in [-0.2, 0) is 25.6 Å². The van der Waals surface area contributed by atoms with E-state index in [1.807, 2.05) is 0 Å². The number of carboxylic acid groups (broad SMARTS) is 1. The number of halogens is 9. The summed E-state index contributed by atoms with van der Waals surface area (Å²) < 4.78 is 148.